The summed E-state index contributed by atoms with van der Waals surface area (Å²) in [5, 5.41) is 0.845. The van der Waals surface area contributed by atoms with E-state index in [1.807, 2.05) is 0 Å². The Morgan fingerprint density at radius 3 is 2.95 bits per heavy atom. The normalized spacial score (nSPS) is 29.1. The molecule has 0 radical (unpaired) electrons. The van der Waals surface area contributed by atoms with Crippen molar-refractivity contribution in [3.63, 3.8) is 0 Å². The highest BCUT2D eigenvalue weighted by Crippen LogP contribution is 2.39. The molecule has 0 aromatic heterocycles. The Labute approximate surface area is 126 Å². The van der Waals surface area contributed by atoms with Gasteiger partial charge in [0.2, 0.25) is 0 Å². The van der Waals surface area contributed by atoms with Crippen LogP contribution in [0.25, 0.3) is 0 Å². The zero-order valence-electron chi connectivity index (χ0n) is 12.2. The van der Waals surface area contributed by atoms with Crippen LogP contribution in [-0.4, -0.2) is 13.2 Å². The van der Waals surface area contributed by atoms with Crippen molar-refractivity contribution in [2.45, 2.75) is 39.0 Å². The van der Waals surface area contributed by atoms with Crippen LogP contribution in [0.3, 0.4) is 0 Å². The van der Waals surface area contributed by atoms with Crippen molar-refractivity contribution in [3.05, 3.63) is 28.3 Å². The highest BCUT2D eigenvalue weighted by atomic mass is 35.5. The van der Waals surface area contributed by atoms with Crippen molar-refractivity contribution in [1.29, 1.82) is 0 Å². The van der Waals surface area contributed by atoms with E-state index in [0.29, 0.717) is 11.8 Å². The lowest BCUT2D eigenvalue weighted by molar-refractivity contribution is 0.192. The Hall–Kier alpha value is -0.730. The molecule has 0 saturated heterocycles. The lowest BCUT2D eigenvalue weighted by Crippen LogP contribution is -2.31. The van der Waals surface area contributed by atoms with E-state index in [9.17, 15) is 0 Å². The van der Waals surface area contributed by atoms with E-state index in [1.165, 1.54) is 30.4 Å². The molecule has 2 N–H and O–H groups in total. The third kappa shape index (κ3) is 2.82. The van der Waals surface area contributed by atoms with E-state index >= 15 is 0 Å². The maximum absolute atomic E-state index is 6.26. The number of ether oxygens (including phenoxy) is 1. The topological polar surface area (TPSA) is 35.2 Å². The fourth-order valence-electron chi connectivity index (χ4n) is 3.90. The molecule has 0 bridgehead atoms. The molecule has 0 amide bonds. The molecule has 3 rings (SSSR count). The van der Waals surface area contributed by atoms with Gasteiger partial charge < -0.3 is 10.5 Å². The average Bonchev–Trinajstić information content (AvgIpc) is 2.87. The first kappa shape index (κ1) is 14.2. The number of halogens is 1. The summed E-state index contributed by atoms with van der Waals surface area (Å²) in [6.45, 7) is 3.96. The van der Waals surface area contributed by atoms with Crippen LogP contribution in [-0.2, 0) is 12.8 Å². The van der Waals surface area contributed by atoms with Crippen LogP contribution in [0.5, 0.6) is 5.75 Å². The van der Waals surface area contributed by atoms with Crippen LogP contribution < -0.4 is 10.5 Å². The number of rotatable bonds is 3. The van der Waals surface area contributed by atoms with Crippen LogP contribution in [0.15, 0.2) is 12.1 Å². The quantitative estimate of drug-likeness (QED) is 0.919. The van der Waals surface area contributed by atoms with Gasteiger partial charge >= 0.3 is 0 Å². The van der Waals surface area contributed by atoms with E-state index < -0.39 is 0 Å². The third-order valence-electron chi connectivity index (χ3n) is 5.01. The summed E-state index contributed by atoms with van der Waals surface area (Å²) in [7, 11) is 0. The van der Waals surface area contributed by atoms with Crippen LogP contribution in [0, 0.1) is 17.8 Å². The summed E-state index contributed by atoms with van der Waals surface area (Å²) in [6, 6.07) is 4.15. The predicted molar refractivity (Wildman–Crippen MR) is 83.4 cm³/mol. The molecule has 1 aromatic rings. The lowest BCUT2D eigenvalue weighted by Gasteiger charge is -2.34. The first-order valence-corrected chi connectivity index (χ1v) is 8.19. The Morgan fingerprint density at radius 1 is 1.30 bits per heavy atom. The fraction of sp³-hybridized carbons (Fsp3) is 0.647. The smallest absolute Gasteiger partial charge is 0.125 e. The first-order chi connectivity index (χ1) is 9.67. The minimum Gasteiger partial charge on any atom is -0.493 e. The monoisotopic (exact) mass is 293 g/mol. The number of fused-ring (bicyclic) bond motifs is 1. The summed E-state index contributed by atoms with van der Waals surface area (Å²) >= 11 is 6.26. The molecule has 1 fully saturated rings. The van der Waals surface area contributed by atoms with Crippen LogP contribution in [0.1, 0.15) is 37.3 Å². The molecule has 1 aliphatic carbocycles. The molecule has 3 atom stereocenters. The van der Waals surface area contributed by atoms with Crippen LogP contribution in [0.2, 0.25) is 5.02 Å². The van der Waals surface area contributed by atoms with Gasteiger partial charge in [0.25, 0.3) is 0 Å². The van der Waals surface area contributed by atoms with Gasteiger partial charge in [-0.2, -0.15) is 0 Å². The second-order valence-corrected chi connectivity index (χ2v) is 6.97. The summed E-state index contributed by atoms with van der Waals surface area (Å²) in [5.41, 5.74) is 8.55. The molecule has 0 spiro atoms. The summed E-state index contributed by atoms with van der Waals surface area (Å²) < 4.78 is 5.83. The van der Waals surface area contributed by atoms with Crippen molar-refractivity contribution < 1.29 is 4.74 Å². The van der Waals surface area contributed by atoms with Crippen molar-refractivity contribution in [3.8, 4) is 5.75 Å². The Kier molecular flexibility index (Phi) is 4.23. The maximum Gasteiger partial charge on any atom is 0.125 e. The van der Waals surface area contributed by atoms with E-state index in [2.05, 4.69) is 19.1 Å². The van der Waals surface area contributed by atoms with Crippen LogP contribution >= 0.6 is 11.6 Å². The second kappa shape index (κ2) is 5.95. The summed E-state index contributed by atoms with van der Waals surface area (Å²) in [6.07, 6.45) is 5.93. The molecule has 2 nitrogen and oxygen atoms in total. The van der Waals surface area contributed by atoms with Crippen molar-refractivity contribution in [1.82, 2.24) is 0 Å². The Balaban J connectivity index is 1.83. The van der Waals surface area contributed by atoms with E-state index in [-0.39, 0.29) is 0 Å². The molecule has 20 heavy (non-hydrogen) atoms. The highest BCUT2D eigenvalue weighted by Gasteiger charge is 2.29. The molecule has 1 heterocycles. The SMILES string of the molecule is CC1CCC(CN)C(Cc2cc(Cl)cc3c2OCC3)C1. The molecule has 3 heteroatoms. The fourth-order valence-corrected chi connectivity index (χ4v) is 4.17. The largest absolute Gasteiger partial charge is 0.493 e. The van der Waals surface area contributed by atoms with Crippen LogP contribution in [0.4, 0.5) is 0 Å². The van der Waals surface area contributed by atoms with Gasteiger partial charge in [0, 0.05) is 11.4 Å². The molecule has 2 aliphatic rings. The van der Waals surface area contributed by atoms with E-state index in [0.717, 1.165) is 42.7 Å². The van der Waals surface area contributed by atoms with Gasteiger partial charge in [0.05, 0.1) is 6.61 Å². The van der Waals surface area contributed by atoms with Crippen molar-refractivity contribution in [2.24, 2.45) is 23.5 Å². The Bertz CT molecular complexity index is 488. The van der Waals surface area contributed by atoms with E-state index in [1.54, 1.807) is 0 Å². The molecule has 1 saturated carbocycles. The van der Waals surface area contributed by atoms with Gasteiger partial charge in [0.15, 0.2) is 0 Å². The first-order valence-electron chi connectivity index (χ1n) is 7.81. The number of benzene rings is 1. The molecule has 3 unspecified atom stereocenters. The van der Waals surface area contributed by atoms with Gasteiger partial charge in [-0.25, -0.2) is 0 Å². The third-order valence-corrected chi connectivity index (χ3v) is 5.23. The van der Waals surface area contributed by atoms with E-state index in [4.69, 9.17) is 22.1 Å². The predicted octanol–water partition coefficient (Wildman–Crippen LogP) is 3.83. The second-order valence-electron chi connectivity index (χ2n) is 6.53. The number of hydrogen-bond acceptors (Lipinski definition) is 2. The highest BCUT2D eigenvalue weighted by molar-refractivity contribution is 6.30. The zero-order valence-corrected chi connectivity index (χ0v) is 13.0. The van der Waals surface area contributed by atoms with Gasteiger partial charge in [-0.15, -0.1) is 0 Å². The number of hydrogen-bond donors (Lipinski definition) is 1. The minimum absolute atomic E-state index is 0.655. The van der Waals surface area contributed by atoms with Crippen molar-refractivity contribution >= 4 is 11.6 Å². The molecular weight excluding hydrogens is 270 g/mol. The average molecular weight is 294 g/mol. The molecular formula is C17H24ClNO. The van der Waals surface area contributed by atoms with Gasteiger partial charge in [-0.3, -0.25) is 0 Å². The maximum atomic E-state index is 6.26. The molecule has 1 aliphatic heterocycles. The minimum atomic E-state index is 0.655. The van der Waals surface area contributed by atoms with Crippen molar-refractivity contribution in [2.75, 3.05) is 13.2 Å². The van der Waals surface area contributed by atoms with Gasteiger partial charge in [-0.05, 0) is 66.8 Å². The standard InChI is InChI=1S/C17H24ClNO/c1-11-2-3-13(10-19)14(6-11)7-15-9-16(18)8-12-4-5-20-17(12)15/h8-9,11,13-14H,2-7,10,19H2,1H3. The number of nitrogens with two attached hydrogens (primary N) is 1. The molecule has 110 valence electrons. The lowest BCUT2D eigenvalue weighted by atomic mass is 9.72. The summed E-state index contributed by atoms with van der Waals surface area (Å²) in [4.78, 5) is 0. The summed E-state index contributed by atoms with van der Waals surface area (Å²) in [5.74, 6) is 3.25. The Morgan fingerprint density at radius 2 is 2.15 bits per heavy atom. The van der Waals surface area contributed by atoms with Gasteiger partial charge in [-0.1, -0.05) is 24.9 Å². The zero-order chi connectivity index (χ0) is 14.1. The molecule has 1 aromatic carbocycles. The van der Waals surface area contributed by atoms with Gasteiger partial charge in [0.1, 0.15) is 5.75 Å².